The van der Waals surface area contributed by atoms with Crippen molar-refractivity contribution >= 4 is 33.7 Å². The summed E-state index contributed by atoms with van der Waals surface area (Å²) in [5, 5.41) is 9.00. The van der Waals surface area contributed by atoms with E-state index in [-0.39, 0.29) is 41.7 Å². The average Bonchev–Trinajstić information content (AvgIpc) is 2.54. The minimum atomic E-state index is -3.86. The van der Waals surface area contributed by atoms with Gasteiger partial charge in [0.05, 0.1) is 22.6 Å². The fourth-order valence-electron chi connectivity index (χ4n) is 2.22. The molecule has 0 bridgehead atoms. The largest absolute Gasteiger partial charge is 0.478 e. The van der Waals surface area contributed by atoms with Gasteiger partial charge in [-0.3, -0.25) is 0 Å². The second kappa shape index (κ2) is 6.73. The third-order valence-corrected chi connectivity index (χ3v) is 5.70. The number of ether oxygens (including phenoxy) is 1. The van der Waals surface area contributed by atoms with Crippen molar-refractivity contribution in [3.63, 3.8) is 0 Å². The lowest BCUT2D eigenvalue weighted by Gasteiger charge is -2.33. The van der Waals surface area contributed by atoms with Crippen molar-refractivity contribution in [3.05, 3.63) is 28.8 Å². The molecule has 126 valence electrons. The third-order valence-electron chi connectivity index (χ3n) is 3.48. The molecule has 0 atom stereocenters. The Morgan fingerprint density at radius 2 is 1.83 bits per heavy atom. The molecule has 8 nitrogen and oxygen atoms in total. The summed E-state index contributed by atoms with van der Waals surface area (Å²) >= 11 is 5.75. The van der Waals surface area contributed by atoms with Crippen LogP contribution in [0.3, 0.4) is 0 Å². The summed E-state index contributed by atoms with van der Waals surface area (Å²) in [6, 6.07) is 3.53. The number of carboxylic acids is 1. The first-order chi connectivity index (χ1) is 10.8. The molecule has 0 saturated carbocycles. The normalized spacial score (nSPS) is 16.2. The number of aromatic carboxylic acids is 1. The Kier molecular flexibility index (Phi) is 5.12. The molecule has 10 heteroatoms. The number of halogens is 1. The molecule has 1 aromatic rings. The fourth-order valence-corrected chi connectivity index (χ4v) is 3.87. The predicted molar refractivity (Wildman–Crippen MR) is 81.1 cm³/mol. The number of rotatable bonds is 3. The highest BCUT2D eigenvalue weighted by molar-refractivity contribution is 7.89. The summed E-state index contributed by atoms with van der Waals surface area (Å²) in [7, 11) is -2.60. The SMILES string of the molecule is COC(=O)N1CCN(S(=O)(=O)c2ccc(Cl)c(C(=O)O)c2)CC1. The second-order valence-corrected chi connectivity index (χ2v) is 7.15. The molecule has 2 rings (SSSR count). The maximum atomic E-state index is 12.6. The molecule has 23 heavy (non-hydrogen) atoms. The number of hydrogen-bond donors (Lipinski definition) is 1. The van der Waals surface area contributed by atoms with Crippen LogP contribution in [0.5, 0.6) is 0 Å². The Hall–Kier alpha value is -1.84. The lowest BCUT2D eigenvalue weighted by Crippen LogP contribution is -2.50. The van der Waals surface area contributed by atoms with Gasteiger partial charge in [0.25, 0.3) is 0 Å². The van der Waals surface area contributed by atoms with Crippen LogP contribution < -0.4 is 0 Å². The van der Waals surface area contributed by atoms with Crippen LogP contribution >= 0.6 is 11.6 Å². The van der Waals surface area contributed by atoms with Gasteiger partial charge in [-0.15, -0.1) is 0 Å². The number of sulfonamides is 1. The molecule has 1 amide bonds. The Labute approximate surface area is 138 Å². The van der Waals surface area contributed by atoms with E-state index in [1.807, 2.05) is 0 Å². The van der Waals surface area contributed by atoms with E-state index in [0.717, 1.165) is 6.07 Å². The van der Waals surface area contributed by atoms with Gasteiger partial charge in [-0.2, -0.15) is 4.31 Å². The summed E-state index contributed by atoms with van der Waals surface area (Å²) in [6.45, 7) is 0.599. The highest BCUT2D eigenvalue weighted by Crippen LogP contribution is 2.24. The Bertz CT molecular complexity index is 728. The molecule has 1 fully saturated rings. The summed E-state index contributed by atoms with van der Waals surface area (Å²) in [4.78, 5) is 23.7. The van der Waals surface area contributed by atoms with Gasteiger partial charge in [0.1, 0.15) is 0 Å². The van der Waals surface area contributed by atoms with Crippen molar-refractivity contribution < 1.29 is 27.9 Å². The van der Waals surface area contributed by atoms with Crippen LogP contribution in [0.1, 0.15) is 10.4 Å². The standard InChI is InChI=1S/C13H15ClN2O6S/c1-22-13(19)15-4-6-16(7-5-15)23(20,21)9-2-3-11(14)10(8-9)12(17)18/h2-3,8H,4-7H2,1H3,(H,17,18). The van der Waals surface area contributed by atoms with Crippen LogP contribution in [0.4, 0.5) is 4.79 Å². The summed E-state index contributed by atoms with van der Waals surface area (Å²) in [5.41, 5.74) is -0.277. The van der Waals surface area contributed by atoms with E-state index in [1.54, 1.807) is 0 Å². The van der Waals surface area contributed by atoms with Crippen molar-refractivity contribution in [1.82, 2.24) is 9.21 Å². The second-order valence-electron chi connectivity index (χ2n) is 4.81. The number of nitrogens with zero attached hydrogens (tertiary/aromatic N) is 2. The quantitative estimate of drug-likeness (QED) is 0.863. The molecule has 1 aliphatic rings. The molecule has 0 aliphatic carbocycles. The lowest BCUT2D eigenvalue weighted by atomic mass is 10.2. The van der Waals surface area contributed by atoms with Crippen molar-refractivity contribution in [2.45, 2.75) is 4.90 Å². The van der Waals surface area contributed by atoms with Crippen molar-refractivity contribution in [2.75, 3.05) is 33.3 Å². The van der Waals surface area contributed by atoms with E-state index < -0.39 is 22.1 Å². The van der Waals surface area contributed by atoms with Crippen LogP contribution in [0.2, 0.25) is 5.02 Å². The van der Waals surface area contributed by atoms with E-state index in [1.165, 1.54) is 28.4 Å². The Morgan fingerprint density at radius 1 is 1.22 bits per heavy atom. The monoisotopic (exact) mass is 362 g/mol. The molecule has 1 aliphatic heterocycles. The van der Waals surface area contributed by atoms with Crippen LogP contribution in [0, 0.1) is 0 Å². The van der Waals surface area contributed by atoms with E-state index >= 15 is 0 Å². The van der Waals surface area contributed by atoms with Crippen LogP contribution in [0.25, 0.3) is 0 Å². The first-order valence-corrected chi connectivity index (χ1v) is 8.45. The number of carboxylic acid groups (broad SMARTS) is 1. The molecular formula is C13H15ClN2O6S. The minimum absolute atomic E-state index is 0.0352. The van der Waals surface area contributed by atoms with Crippen molar-refractivity contribution in [1.29, 1.82) is 0 Å². The van der Waals surface area contributed by atoms with Gasteiger partial charge in [-0.25, -0.2) is 18.0 Å². The number of methoxy groups -OCH3 is 1. The molecule has 0 unspecified atom stereocenters. The molecule has 1 N–H and O–H groups in total. The van der Waals surface area contributed by atoms with Gasteiger partial charge in [-0.05, 0) is 18.2 Å². The van der Waals surface area contributed by atoms with Crippen molar-refractivity contribution in [2.24, 2.45) is 0 Å². The van der Waals surface area contributed by atoms with Gasteiger partial charge in [0, 0.05) is 26.2 Å². The molecule has 0 spiro atoms. The highest BCUT2D eigenvalue weighted by Gasteiger charge is 2.31. The van der Waals surface area contributed by atoms with Gasteiger partial charge in [0.15, 0.2) is 0 Å². The first kappa shape index (κ1) is 17.5. The Balaban J connectivity index is 2.22. The van der Waals surface area contributed by atoms with Crippen LogP contribution in [-0.4, -0.2) is 68.1 Å². The first-order valence-electron chi connectivity index (χ1n) is 6.63. The van der Waals surface area contributed by atoms with Gasteiger partial charge < -0.3 is 14.7 Å². The summed E-state index contributed by atoms with van der Waals surface area (Å²) < 4.78 is 30.9. The van der Waals surface area contributed by atoms with E-state index in [0.29, 0.717) is 0 Å². The summed E-state index contributed by atoms with van der Waals surface area (Å²) in [5.74, 6) is -1.30. The topological polar surface area (TPSA) is 104 Å². The number of piperazine rings is 1. The van der Waals surface area contributed by atoms with E-state index in [9.17, 15) is 18.0 Å². The van der Waals surface area contributed by atoms with Crippen LogP contribution in [-0.2, 0) is 14.8 Å². The minimum Gasteiger partial charge on any atom is -0.478 e. The van der Waals surface area contributed by atoms with Gasteiger partial charge in [-0.1, -0.05) is 11.6 Å². The smallest absolute Gasteiger partial charge is 0.409 e. The molecule has 1 aromatic carbocycles. The maximum absolute atomic E-state index is 12.6. The maximum Gasteiger partial charge on any atom is 0.409 e. The zero-order valence-electron chi connectivity index (χ0n) is 12.2. The molecule has 0 aromatic heterocycles. The number of benzene rings is 1. The summed E-state index contributed by atoms with van der Waals surface area (Å²) in [6.07, 6.45) is -0.512. The molecular weight excluding hydrogens is 348 g/mol. The lowest BCUT2D eigenvalue weighted by molar-refractivity contribution is 0.0696. The number of carbonyl (C=O) groups excluding carboxylic acids is 1. The number of hydrogen-bond acceptors (Lipinski definition) is 5. The third kappa shape index (κ3) is 3.57. The van der Waals surface area contributed by atoms with Gasteiger partial charge in [0.2, 0.25) is 10.0 Å². The fraction of sp³-hybridized carbons (Fsp3) is 0.385. The van der Waals surface area contributed by atoms with Gasteiger partial charge >= 0.3 is 12.1 Å². The molecule has 1 heterocycles. The zero-order valence-corrected chi connectivity index (χ0v) is 13.8. The number of amides is 1. The average molecular weight is 363 g/mol. The van der Waals surface area contributed by atoms with Crippen molar-refractivity contribution in [3.8, 4) is 0 Å². The van der Waals surface area contributed by atoms with E-state index in [4.69, 9.17) is 16.7 Å². The highest BCUT2D eigenvalue weighted by atomic mass is 35.5. The predicted octanol–water partition coefficient (Wildman–Crippen LogP) is 1.11. The molecule has 0 radical (unpaired) electrons. The zero-order chi connectivity index (χ0) is 17.2. The molecule has 1 saturated heterocycles. The van der Waals surface area contributed by atoms with Crippen LogP contribution in [0.15, 0.2) is 23.1 Å². The van der Waals surface area contributed by atoms with E-state index in [2.05, 4.69) is 4.74 Å². The number of carbonyl (C=O) groups is 2. The Morgan fingerprint density at radius 3 is 2.35 bits per heavy atom.